The maximum Gasteiger partial charge on any atom is 0.246 e. The molecule has 1 aromatic carbocycles. The van der Waals surface area contributed by atoms with Gasteiger partial charge >= 0.3 is 0 Å². The minimum absolute atomic E-state index is 0.0113. The van der Waals surface area contributed by atoms with Crippen molar-refractivity contribution in [2.24, 2.45) is 0 Å². The number of rotatable bonds is 4. The molecule has 6 heteroatoms. The van der Waals surface area contributed by atoms with Gasteiger partial charge in [0, 0.05) is 25.6 Å². The molecule has 2 amide bonds. The molecule has 2 heterocycles. The fraction of sp³-hybridized carbons (Fsp3) is 0.579. The van der Waals surface area contributed by atoms with Gasteiger partial charge in [-0.25, -0.2) is 0 Å². The van der Waals surface area contributed by atoms with E-state index >= 15 is 0 Å². The van der Waals surface area contributed by atoms with Crippen LogP contribution in [0.1, 0.15) is 32.6 Å². The highest BCUT2D eigenvalue weighted by Gasteiger charge is 2.33. The van der Waals surface area contributed by atoms with Crippen molar-refractivity contribution in [3.8, 4) is 0 Å². The standard InChI is InChI=1S/C19H26ClN3O2/c1-15-13-23(17-8-4-3-7-16(17)20)19(25)14-22(15)18(24)9-12-21-10-5-2-6-11-21/h3-4,7-8,15H,2,5-6,9-14H2,1H3/t15-/m0/s1. The van der Waals surface area contributed by atoms with Gasteiger partial charge in [0.2, 0.25) is 11.8 Å². The minimum atomic E-state index is -0.0717. The molecule has 1 atom stereocenters. The number of para-hydroxylation sites is 1. The summed E-state index contributed by atoms with van der Waals surface area (Å²) in [4.78, 5) is 31.0. The van der Waals surface area contributed by atoms with Crippen LogP contribution in [0.4, 0.5) is 5.69 Å². The zero-order valence-electron chi connectivity index (χ0n) is 14.8. The van der Waals surface area contributed by atoms with Crippen LogP contribution in [-0.4, -0.2) is 60.4 Å². The van der Waals surface area contributed by atoms with Crippen molar-refractivity contribution in [3.63, 3.8) is 0 Å². The molecule has 2 aliphatic rings. The predicted molar refractivity (Wildman–Crippen MR) is 99.9 cm³/mol. The molecule has 5 nitrogen and oxygen atoms in total. The van der Waals surface area contributed by atoms with Crippen molar-refractivity contribution < 1.29 is 9.59 Å². The van der Waals surface area contributed by atoms with Crippen LogP contribution in [0.2, 0.25) is 5.02 Å². The Labute approximate surface area is 154 Å². The van der Waals surface area contributed by atoms with Crippen molar-refractivity contribution in [1.29, 1.82) is 0 Å². The van der Waals surface area contributed by atoms with Crippen LogP contribution >= 0.6 is 11.6 Å². The van der Waals surface area contributed by atoms with Crippen LogP contribution in [0.3, 0.4) is 0 Å². The quantitative estimate of drug-likeness (QED) is 0.826. The third-order valence-corrected chi connectivity index (χ3v) is 5.46. The first-order valence-corrected chi connectivity index (χ1v) is 9.51. The van der Waals surface area contributed by atoms with Gasteiger partial charge < -0.3 is 14.7 Å². The summed E-state index contributed by atoms with van der Waals surface area (Å²) in [5.74, 6) is 0.00255. The first-order valence-electron chi connectivity index (χ1n) is 9.13. The lowest BCUT2D eigenvalue weighted by Crippen LogP contribution is -2.57. The molecule has 2 aliphatic heterocycles. The summed E-state index contributed by atoms with van der Waals surface area (Å²) in [5, 5.41) is 0.563. The molecule has 3 rings (SSSR count). The number of benzene rings is 1. The van der Waals surface area contributed by atoms with E-state index in [1.54, 1.807) is 15.9 Å². The lowest BCUT2D eigenvalue weighted by Gasteiger charge is -2.40. The van der Waals surface area contributed by atoms with Crippen LogP contribution in [0, 0.1) is 0 Å². The first kappa shape index (κ1) is 18.2. The van der Waals surface area contributed by atoms with Gasteiger partial charge in [0.05, 0.1) is 10.7 Å². The van der Waals surface area contributed by atoms with Crippen molar-refractivity contribution >= 4 is 29.1 Å². The van der Waals surface area contributed by atoms with Gasteiger partial charge in [0.1, 0.15) is 6.54 Å². The number of piperazine rings is 1. The lowest BCUT2D eigenvalue weighted by molar-refractivity contribution is -0.139. The van der Waals surface area contributed by atoms with E-state index in [0.717, 1.165) is 25.3 Å². The number of carbonyl (C=O) groups excluding carboxylic acids is 2. The summed E-state index contributed by atoms with van der Waals surface area (Å²) in [6.45, 7) is 5.58. The van der Waals surface area contributed by atoms with Crippen molar-refractivity contribution in [2.45, 2.75) is 38.6 Å². The molecule has 1 aromatic rings. The monoisotopic (exact) mass is 363 g/mol. The van der Waals surface area contributed by atoms with Crippen LogP contribution in [-0.2, 0) is 9.59 Å². The predicted octanol–water partition coefficient (Wildman–Crippen LogP) is 2.78. The van der Waals surface area contributed by atoms with Crippen molar-refractivity contribution in [2.75, 3.05) is 37.6 Å². The second kappa shape index (κ2) is 8.19. The highest BCUT2D eigenvalue weighted by molar-refractivity contribution is 6.33. The van der Waals surface area contributed by atoms with Gasteiger partial charge in [-0.05, 0) is 45.0 Å². The molecule has 136 valence electrons. The van der Waals surface area contributed by atoms with Crippen LogP contribution in [0.25, 0.3) is 0 Å². The number of hydrogen-bond donors (Lipinski definition) is 0. The van der Waals surface area contributed by atoms with Crippen molar-refractivity contribution in [3.05, 3.63) is 29.3 Å². The summed E-state index contributed by atoms with van der Waals surface area (Å²) >= 11 is 6.23. The average Bonchev–Trinajstić information content (AvgIpc) is 2.63. The number of halogens is 1. The molecule has 2 fully saturated rings. The molecule has 0 unspecified atom stereocenters. The molecule has 0 spiro atoms. The number of hydrogen-bond acceptors (Lipinski definition) is 3. The van der Waals surface area contributed by atoms with E-state index in [1.807, 2.05) is 25.1 Å². The van der Waals surface area contributed by atoms with E-state index in [2.05, 4.69) is 4.90 Å². The smallest absolute Gasteiger partial charge is 0.246 e. The topological polar surface area (TPSA) is 43.9 Å². The molecule has 0 aromatic heterocycles. The number of likely N-dealkylation sites (tertiary alicyclic amines) is 1. The molecular formula is C19H26ClN3O2. The van der Waals surface area contributed by atoms with E-state index in [0.29, 0.717) is 18.0 Å². The molecule has 0 bridgehead atoms. The van der Waals surface area contributed by atoms with Crippen molar-refractivity contribution in [1.82, 2.24) is 9.80 Å². The van der Waals surface area contributed by atoms with Gasteiger partial charge in [0.25, 0.3) is 0 Å². The average molecular weight is 364 g/mol. The fourth-order valence-corrected chi connectivity index (χ4v) is 3.91. The highest BCUT2D eigenvalue weighted by atomic mass is 35.5. The van der Waals surface area contributed by atoms with E-state index in [-0.39, 0.29) is 24.4 Å². The van der Waals surface area contributed by atoms with Gasteiger partial charge in [-0.15, -0.1) is 0 Å². The molecule has 0 radical (unpaired) electrons. The Balaban J connectivity index is 1.59. The Hall–Kier alpha value is -1.59. The largest absolute Gasteiger partial charge is 0.329 e. The van der Waals surface area contributed by atoms with Crippen LogP contribution < -0.4 is 4.90 Å². The van der Waals surface area contributed by atoms with Crippen LogP contribution in [0.15, 0.2) is 24.3 Å². The Morgan fingerprint density at radius 2 is 1.92 bits per heavy atom. The Bertz CT molecular complexity index is 631. The molecule has 2 saturated heterocycles. The fourth-order valence-electron chi connectivity index (χ4n) is 3.67. The summed E-state index contributed by atoms with van der Waals surface area (Å²) < 4.78 is 0. The maximum absolute atomic E-state index is 12.6. The normalized spacial score (nSPS) is 22.3. The summed E-state index contributed by atoms with van der Waals surface area (Å²) in [6, 6.07) is 7.34. The molecule has 0 aliphatic carbocycles. The van der Waals surface area contributed by atoms with Gasteiger partial charge in [-0.3, -0.25) is 9.59 Å². The lowest BCUT2D eigenvalue weighted by atomic mass is 10.1. The maximum atomic E-state index is 12.6. The molecular weight excluding hydrogens is 338 g/mol. The SMILES string of the molecule is C[C@H]1CN(c2ccccc2Cl)C(=O)CN1C(=O)CCN1CCCCC1. The Morgan fingerprint density at radius 3 is 2.64 bits per heavy atom. The zero-order chi connectivity index (χ0) is 17.8. The highest BCUT2D eigenvalue weighted by Crippen LogP contribution is 2.28. The number of nitrogens with zero attached hydrogens (tertiary/aromatic N) is 3. The zero-order valence-corrected chi connectivity index (χ0v) is 15.5. The Morgan fingerprint density at radius 1 is 1.20 bits per heavy atom. The summed E-state index contributed by atoms with van der Waals surface area (Å²) in [5.41, 5.74) is 0.724. The molecule has 0 saturated carbocycles. The van der Waals surface area contributed by atoms with Crippen LogP contribution in [0.5, 0.6) is 0 Å². The van der Waals surface area contributed by atoms with E-state index in [4.69, 9.17) is 11.6 Å². The second-order valence-electron chi connectivity index (χ2n) is 6.98. The second-order valence-corrected chi connectivity index (χ2v) is 7.39. The Kier molecular flexibility index (Phi) is 5.97. The van der Waals surface area contributed by atoms with Gasteiger partial charge in [-0.2, -0.15) is 0 Å². The van der Waals surface area contributed by atoms with E-state index in [1.165, 1.54) is 19.3 Å². The van der Waals surface area contributed by atoms with E-state index in [9.17, 15) is 9.59 Å². The van der Waals surface area contributed by atoms with Gasteiger partial charge in [-0.1, -0.05) is 30.2 Å². The van der Waals surface area contributed by atoms with E-state index < -0.39 is 0 Å². The third kappa shape index (κ3) is 4.33. The summed E-state index contributed by atoms with van der Waals surface area (Å²) in [6.07, 6.45) is 4.23. The third-order valence-electron chi connectivity index (χ3n) is 5.14. The number of piperidine rings is 1. The summed E-state index contributed by atoms with van der Waals surface area (Å²) in [7, 11) is 0. The minimum Gasteiger partial charge on any atom is -0.329 e. The number of anilines is 1. The first-order chi connectivity index (χ1) is 12.1. The van der Waals surface area contributed by atoms with Gasteiger partial charge in [0.15, 0.2) is 0 Å². The molecule has 0 N–H and O–H groups in total. The molecule has 25 heavy (non-hydrogen) atoms. The number of amides is 2. The number of carbonyl (C=O) groups is 2.